The molecule has 0 bridgehead atoms. The number of carbonyl (C=O) groups excluding carboxylic acids is 1. The molecule has 1 amide bonds. The van der Waals surface area contributed by atoms with Crippen LogP contribution in [0.5, 0.6) is 0 Å². The lowest BCUT2D eigenvalue weighted by atomic mass is 9.95. The number of carbonyl (C=O) groups is 1. The maximum Gasteiger partial charge on any atom is 0.253 e. The molecule has 1 aromatic rings. The number of amides is 1. The molecule has 1 aromatic carbocycles. The summed E-state index contributed by atoms with van der Waals surface area (Å²) in [6.45, 7) is 6.10. The summed E-state index contributed by atoms with van der Waals surface area (Å²) < 4.78 is 0. The fraction of sp³-hybridized carbons (Fsp3) is 0.533. The van der Waals surface area contributed by atoms with Gasteiger partial charge in [-0.3, -0.25) is 4.79 Å². The SMILES string of the molecule is CCC1CCCN(C(=O)c2cccc(C)c2)C1. The minimum absolute atomic E-state index is 0.201. The zero-order valence-corrected chi connectivity index (χ0v) is 10.8. The van der Waals surface area contributed by atoms with Crippen LogP contribution < -0.4 is 0 Å². The van der Waals surface area contributed by atoms with Gasteiger partial charge in [-0.1, -0.05) is 31.0 Å². The molecule has 1 unspecified atom stereocenters. The highest BCUT2D eigenvalue weighted by Gasteiger charge is 2.23. The van der Waals surface area contributed by atoms with Crippen LogP contribution in [0.1, 0.15) is 42.1 Å². The molecular weight excluding hydrogens is 210 g/mol. The lowest BCUT2D eigenvalue weighted by molar-refractivity contribution is 0.0671. The Morgan fingerprint density at radius 2 is 2.29 bits per heavy atom. The van der Waals surface area contributed by atoms with Gasteiger partial charge in [0.1, 0.15) is 0 Å². The van der Waals surface area contributed by atoms with Gasteiger partial charge in [-0.15, -0.1) is 0 Å². The Balaban J connectivity index is 2.09. The number of hydrogen-bond acceptors (Lipinski definition) is 1. The first kappa shape index (κ1) is 12.2. The van der Waals surface area contributed by atoms with Crippen LogP contribution in [-0.4, -0.2) is 23.9 Å². The van der Waals surface area contributed by atoms with Gasteiger partial charge < -0.3 is 4.90 Å². The van der Waals surface area contributed by atoms with E-state index in [0.717, 1.165) is 30.6 Å². The molecule has 1 aliphatic heterocycles. The van der Waals surface area contributed by atoms with E-state index in [2.05, 4.69) is 6.92 Å². The molecule has 0 spiro atoms. The maximum absolute atomic E-state index is 12.3. The molecule has 2 rings (SSSR count). The molecule has 17 heavy (non-hydrogen) atoms. The summed E-state index contributed by atoms with van der Waals surface area (Å²) in [5, 5.41) is 0. The molecule has 0 N–H and O–H groups in total. The van der Waals surface area contributed by atoms with Gasteiger partial charge in [0.05, 0.1) is 0 Å². The summed E-state index contributed by atoms with van der Waals surface area (Å²) in [4.78, 5) is 14.4. The zero-order valence-electron chi connectivity index (χ0n) is 10.8. The average molecular weight is 231 g/mol. The second-order valence-electron chi connectivity index (χ2n) is 5.04. The van der Waals surface area contributed by atoms with Crippen LogP contribution in [0.4, 0.5) is 0 Å². The van der Waals surface area contributed by atoms with Crippen molar-refractivity contribution in [2.75, 3.05) is 13.1 Å². The fourth-order valence-electron chi connectivity index (χ4n) is 2.54. The van der Waals surface area contributed by atoms with E-state index in [0.29, 0.717) is 5.92 Å². The second-order valence-corrected chi connectivity index (χ2v) is 5.04. The number of likely N-dealkylation sites (tertiary alicyclic amines) is 1. The Labute approximate surface area is 104 Å². The number of rotatable bonds is 2. The highest BCUT2D eigenvalue weighted by Crippen LogP contribution is 2.21. The van der Waals surface area contributed by atoms with Crippen LogP contribution in [0, 0.1) is 12.8 Å². The molecule has 2 heteroatoms. The molecule has 0 saturated carbocycles. The van der Waals surface area contributed by atoms with E-state index in [1.807, 2.05) is 36.1 Å². The predicted molar refractivity (Wildman–Crippen MR) is 70.1 cm³/mol. The summed E-state index contributed by atoms with van der Waals surface area (Å²) in [6, 6.07) is 7.90. The number of benzene rings is 1. The molecule has 1 atom stereocenters. The summed E-state index contributed by atoms with van der Waals surface area (Å²) in [7, 11) is 0. The predicted octanol–water partition coefficient (Wildman–Crippen LogP) is 3.26. The van der Waals surface area contributed by atoms with Crippen molar-refractivity contribution in [1.29, 1.82) is 0 Å². The van der Waals surface area contributed by atoms with Crippen LogP contribution in [0.25, 0.3) is 0 Å². The van der Waals surface area contributed by atoms with Crippen molar-refractivity contribution >= 4 is 5.91 Å². The summed E-state index contributed by atoms with van der Waals surface area (Å²) in [5.41, 5.74) is 1.99. The summed E-state index contributed by atoms with van der Waals surface area (Å²) in [6.07, 6.45) is 3.60. The van der Waals surface area contributed by atoms with Crippen LogP contribution in [0.3, 0.4) is 0 Å². The van der Waals surface area contributed by atoms with Gasteiger partial charge in [0.2, 0.25) is 0 Å². The Bertz CT molecular complexity index is 400. The molecule has 2 nitrogen and oxygen atoms in total. The normalized spacial score (nSPS) is 20.4. The Morgan fingerprint density at radius 1 is 1.47 bits per heavy atom. The average Bonchev–Trinajstić information content (AvgIpc) is 2.38. The lowest BCUT2D eigenvalue weighted by Crippen LogP contribution is -2.39. The van der Waals surface area contributed by atoms with Gasteiger partial charge in [0.25, 0.3) is 5.91 Å². The zero-order chi connectivity index (χ0) is 12.3. The van der Waals surface area contributed by atoms with E-state index >= 15 is 0 Å². The van der Waals surface area contributed by atoms with Crippen molar-refractivity contribution in [3.63, 3.8) is 0 Å². The third-order valence-electron chi connectivity index (χ3n) is 3.65. The van der Waals surface area contributed by atoms with Crippen LogP contribution in [0.2, 0.25) is 0 Å². The number of hydrogen-bond donors (Lipinski definition) is 0. The van der Waals surface area contributed by atoms with Crippen molar-refractivity contribution in [2.24, 2.45) is 5.92 Å². The molecule has 0 aromatic heterocycles. The van der Waals surface area contributed by atoms with E-state index in [4.69, 9.17) is 0 Å². The lowest BCUT2D eigenvalue weighted by Gasteiger charge is -2.32. The number of piperidine rings is 1. The highest BCUT2D eigenvalue weighted by molar-refractivity contribution is 5.94. The van der Waals surface area contributed by atoms with E-state index in [1.54, 1.807) is 0 Å². The molecule has 1 fully saturated rings. The van der Waals surface area contributed by atoms with Crippen molar-refractivity contribution in [1.82, 2.24) is 4.90 Å². The van der Waals surface area contributed by atoms with Crippen LogP contribution in [0.15, 0.2) is 24.3 Å². The van der Waals surface area contributed by atoms with Crippen molar-refractivity contribution in [2.45, 2.75) is 33.1 Å². The van der Waals surface area contributed by atoms with Gasteiger partial charge >= 0.3 is 0 Å². The monoisotopic (exact) mass is 231 g/mol. The largest absolute Gasteiger partial charge is 0.338 e. The molecule has 0 radical (unpaired) electrons. The highest BCUT2D eigenvalue weighted by atomic mass is 16.2. The minimum Gasteiger partial charge on any atom is -0.338 e. The Morgan fingerprint density at radius 3 is 3.00 bits per heavy atom. The molecular formula is C15H21NO. The third-order valence-corrected chi connectivity index (χ3v) is 3.65. The van der Waals surface area contributed by atoms with Crippen LogP contribution in [-0.2, 0) is 0 Å². The van der Waals surface area contributed by atoms with Gasteiger partial charge in [-0.05, 0) is 37.8 Å². The van der Waals surface area contributed by atoms with Crippen LogP contribution >= 0.6 is 0 Å². The first-order valence-electron chi connectivity index (χ1n) is 6.56. The van der Waals surface area contributed by atoms with Gasteiger partial charge in [-0.25, -0.2) is 0 Å². The van der Waals surface area contributed by atoms with E-state index in [1.165, 1.54) is 12.8 Å². The maximum atomic E-state index is 12.3. The second kappa shape index (κ2) is 5.35. The summed E-state index contributed by atoms with van der Waals surface area (Å²) >= 11 is 0. The molecule has 1 aliphatic rings. The van der Waals surface area contributed by atoms with Gasteiger partial charge in [0.15, 0.2) is 0 Å². The van der Waals surface area contributed by atoms with E-state index < -0.39 is 0 Å². The van der Waals surface area contributed by atoms with Gasteiger partial charge in [-0.2, -0.15) is 0 Å². The van der Waals surface area contributed by atoms with Crippen molar-refractivity contribution in [3.8, 4) is 0 Å². The smallest absolute Gasteiger partial charge is 0.253 e. The summed E-state index contributed by atoms with van der Waals surface area (Å²) in [5.74, 6) is 0.893. The molecule has 1 saturated heterocycles. The van der Waals surface area contributed by atoms with Gasteiger partial charge in [0, 0.05) is 18.7 Å². The Kier molecular flexibility index (Phi) is 3.82. The fourth-order valence-corrected chi connectivity index (χ4v) is 2.54. The molecule has 92 valence electrons. The van der Waals surface area contributed by atoms with Crippen molar-refractivity contribution in [3.05, 3.63) is 35.4 Å². The first-order valence-corrected chi connectivity index (χ1v) is 6.56. The molecule has 1 heterocycles. The van der Waals surface area contributed by atoms with Crippen molar-refractivity contribution < 1.29 is 4.79 Å². The quantitative estimate of drug-likeness (QED) is 0.765. The number of nitrogens with zero attached hydrogens (tertiary/aromatic N) is 1. The topological polar surface area (TPSA) is 20.3 Å². The molecule has 0 aliphatic carbocycles. The van der Waals surface area contributed by atoms with E-state index in [9.17, 15) is 4.79 Å². The first-order chi connectivity index (χ1) is 8.20. The standard InChI is InChI=1S/C15H21NO/c1-3-13-7-5-9-16(11-13)15(17)14-8-4-6-12(2)10-14/h4,6,8,10,13H,3,5,7,9,11H2,1-2H3. The van der Waals surface area contributed by atoms with E-state index in [-0.39, 0.29) is 5.91 Å². The minimum atomic E-state index is 0.201. The third kappa shape index (κ3) is 2.87. The number of aryl methyl sites for hydroxylation is 1. The Hall–Kier alpha value is -1.31.